The molecule has 514 valence electrons. The first-order chi connectivity index (χ1) is 43.8. The number of carbonyl (C=O) groups excluding carboxylic acids is 2. The van der Waals surface area contributed by atoms with Gasteiger partial charge in [0.1, 0.15) is 6.61 Å². The second-order valence-electron chi connectivity index (χ2n) is 24.8. The molecule has 0 rings (SSSR count). The molecule has 0 bridgehead atoms. The third-order valence-corrected chi connectivity index (χ3v) is 17.2. The number of ether oxygens (including phenoxy) is 2. The molecule has 0 aromatic carbocycles. The van der Waals surface area contributed by atoms with Gasteiger partial charge in [-0.2, -0.15) is 0 Å². The highest BCUT2D eigenvalue weighted by Crippen LogP contribution is 2.43. The summed E-state index contributed by atoms with van der Waals surface area (Å²) in [7, 11) is -4.40. The van der Waals surface area contributed by atoms with E-state index >= 15 is 0 Å². The van der Waals surface area contributed by atoms with Gasteiger partial charge in [0.2, 0.25) is 0 Å². The molecule has 0 radical (unpaired) electrons. The minimum Gasteiger partial charge on any atom is -0.462 e. The van der Waals surface area contributed by atoms with E-state index in [1.165, 1.54) is 212 Å². The molecule has 89 heavy (non-hydrogen) atoms. The Morgan fingerprint density at radius 1 is 0.348 bits per heavy atom. The lowest BCUT2D eigenvalue weighted by Crippen LogP contribution is -2.29. The van der Waals surface area contributed by atoms with Crippen molar-refractivity contribution in [2.45, 2.75) is 354 Å². The minimum absolute atomic E-state index is 0.0506. The van der Waals surface area contributed by atoms with Gasteiger partial charge in [-0.05, 0) is 83.5 Å². The van der Waals surface area contributed by atoms with E-state index in [9.17, 15) is 19.0 Å². The molecular formula is C79H140NO8P. The first-order valence-corrected chi connectivity index (χ1v) is 38.9. The molecule has 0 aliphatic carbocycles. The molecule has 2 unspecified atom stereocenters. The molecule has 0 aliphatic rings. The standard InChI is InChI=1S/C79H140NO8P/c1-3-5-7-9-11-13-15-17-19-21-23-25-27-29-31-33-34-35-36-37-38-39-40-41-42-44-46-48-50-52-54-56-58-60-62-64-66-68-70-72-79(82)88-77(76-87-89(83,84)86-74-73-80)75-85-78(81)71-69-67-65-63-61-59-57-55-53-51-49-47-45-43-32-30-28-26-24-22-20-18-16-14-12-10-8-6-4-2/h5,7,11,13,17,19,23,25,29,31,34-35,37-38,40-41,44,46,77H,3-4,6,8-10,12,14-16,18,20-22,24,26-28,30,32-33,36,39,42-43,45,47-76,80H2,1-2H3,(H,83,84)/b7-5-,13-11-,19-17-,25-23-,31-29-,35-34-,38-37-,41-40-,46-44-. The molecule has 0 aromatic heterocycles. The van der Waals surface area contributed by atoms with Crippen LogP contribution in [0.2, 0.25) is 0 Å². The first kappa shape index (κ1) is 85.7. The number of esters is 2. The molecule has 10 heteroatoms. The second-order valence-corrected chi connectivity index (χ2v) is 26.2. The molecular weight excluding hydrogens is 1120 g/mol. The van der Waals surface area contributed by atoms with Gasteiger partial charge in [-0.25, -0.2) is 4.57 Å². The van der Waals surface area contributed by atoms with Crippen LogP contribution < -0.4 is 5.73 Å². The number of nitrogens with two attached hydrogens (primary N) is 1. The third kappa shape index (κ3) is 73.6. The predicted molar refractivity (Wildman–Crippen MR) is 385 cm³/mol. The van der Waals surface area contributed by atoms with E-state index in [4.69, 9.17) is 24.3 Å². The van der Waals surface area contributed by atoms with E-state index in [0.29, 0.717) is 6.42 Å². The summed E-state index contributed by atoms with van der Waals surface area (Å²) in [6, 6.07) is 0. The Balaban J connectivity index is 3.88. The molecule has 9 nitrogen and oxygen atoms in total. The third-order valence-electron chi connectivity index (χ3n) is 16.2. The molecule has 0 amide bonds. The molecule has 0 aromatic rings. The number of rotatable bonds is 70. The van der Waals surface area contributed by atoms with Crippen LogP contribution in [-0.2, 0) is 32.7 Å². The van der Waals surface area contributed by atoms with E-state index in [2.05, 4.69) is 123 Å². The maximum Gasteiger partial charge on any atom is 0.472 e. The van der Waals surface area contributed by atoms with Gasteiger partial charge < -0.3 is 20.1 Å². The predicted octanol–water partition coefficient (Wildman–Crippen LogP) is 24.9. The topological polar surface area (TPSA) is 134 Å². The maximum atomic E-state index is 12.8. The zero-order valence-electron chi connectivity index (χ0n) is 57.9. The zero-order chi connectivity index (χ0) is 64.4. The summed E-state index contributed by atoms with van der Waals surface area (Å²) in [5.74, 6) is -0.820. The summed E-state index contributed by atoms with van der Waals surface area (Å²) in [6.07, 6.45) is 102. The lowest BCUT2D eigenvalue weighted by molar-refractivity contribution is -0.161. The number of unbranched alkanes of at least 4 members (excludes halogenated alkanes) is 39. The van der Waals surface area contributed by atoms with Crippen LogP contribution in [0.3, 0.4) is 0 Å². The van der Waals surface area contributed by atoms with Crippen molar-refractivity contribution in [2.75, 3.05) is 26.4 Å². The summed E-state index contributed by atoms with van der Waals surface area (Å²) in [4.78, 5) is 35.4. The zero-order valence-corrected chi connectivity index (χ0v) is 58.8. The number of phosphoric acid groups is 1. The molecule has 0 spiro atoms. The van der Waals surface area contributed by atoms with Crippen LogP contribution in [0.4, 0.5) is 0 Å². The van der Waals surface area contributed by atoms with Crippen molar-refractivity contribution >= 4 is 19.8 Å². The van der Waals surface area contributed by atoms with Gasteiger partial charge in [0.05, 0.1) is 13.2 Å². The van der Waals surface area contributed by atoms with Crippen LogP contribution in [0.1, 0.15) is 348 Å². The summed E-state index contributed by atoms with van der Waals surface area (Å²) in [5, 5.41) is 0. The monoisotopic (exact) mass is 1260 g/mol. The molecule has 0 fully saturated rings. The number of phosphoric ester groups is 1. The average Bonchev–Trinajstić information content (AvgIpc) is 3.68. The number of carbonyl (C=O) groups is 2. The van der Waals surface area contributed by atoms with Crippen molar-refractivity contribution in [1.82, 2.24) is 0 Å². The fourth-order valence-corrected chi connectivity index (χ4v) is 11.5. The Labute approximate surface area is 549 Å². The van der Waals surface area contributed by atoms with Gasteiger partial charge in [0, 0.05) is 19.4 Å². The van der Waals surface area contributed by atoms with Crippen LogP contribution in [0.25, 0.3) is 0 Å². The van der Waals surface area contributed by atoms with Crippen LogP contribution in [-0.4, -0.2) is 49.3 Å². The van der Waals surface area contributed by atoms with Crippen LogP contribution in [0, 0.1) is 0 Å². The molecule has 0 saturated heterocycles. The van der Waals surface area contributed by atoms with Crippen LogP contribution >= 0.6 is 7.82 Å². The van der Waals surface area contributed by atoms with Gasteiger partial charge in [0.25, 0.3) is 0 Å². The summed E-state index contributed by atoms with van der Waals surface area (Å²) in [6.45, 7) is 3.67. The molecule has 0 saturated carbocycles. The quantitative estimate of drug-likeness (QED) is 0.0264. The van der Waals surface area contributed by atoms with Crippen molar-refractivity contribution in [3.63, 3.8) is 0 Å². The van der Waals surface area contributed by atoms with E-state index in [1.807, 2.05) is 0 Å². The maximum absolute atomic E-state index is 12.8. The molecule has 3 N–H and O–H groups in total. The van der Waals surface area contributed by atoms with Crippen LogP contribution in [0.5, 0.6) is 0 Å². The first-order valence-electron chi connectivity index (χ1n) is 37.4. The molecule has 0 heterocycles. The SMILES string of the molecule is CC/C=C\C/C=C\C/C=C\C/C=C\C/C=C\C/C=C\C/C=C\C/C=C\C/C=C\CCCCCCCCCCCCCC(=O)OC(COC(=O)CCCCCCCCCCCCCCCCCCCCCCCCCCCCCCC)COP(=O)(O)OCCN. The van der Waals surface area contributed by atoms with E-state index in [-0.39, 0.29) is 38.6 Å². The van der Waals surface area contributed by atoms with Crippen molar-refractivity contribution < 1.29 is 37.6 Å². The highest BCUT2D eigenvalue weighted by Gasteiger charge is 2.26. The molecule has 0 aliphatic heterocycles. The van der Waals surface area contributed by atoms with E-state index < -0.39 is 26.5 Å². The van der Waals surface area contributed by atoms with Crippen molar-refractivity contribution in [2.24, 2.45) is 5.73 Å². The Kier molecular flexibility index (Phi) is 71.0. The number of allylic oxidation sites excluding steroid dienone is 18. The lowest BCUT2D eigenvalue weighted by Gasteiger charge is -2.19. The Bertz CT molecular complexity index is 1830. The Morgan fingerprint density at radius 2 is 0.618 bits per heavy atom. The summed E-state index contributed by atoms with van der Waals surface area (Å²) >= 11 is 0. The van der Waals surface area contributed by atoms with Gasteiger partial charge in [-0.3, -0.25) is 18.6 Å². The van der Waals surface area contributed by atoms with Gasteiger partial charge >= 0.3 is 19.8 Å². The Morgan fingerprint density at radius 3 is 0.921 bits per heavy atom. The number of hydrogen-bond acceptors (Lipinski definition) is 8. The largest absolute Gasteiger partial charge is 0.472 e. The van der Waals surface area contributed by atoms with Crippen molar-refractivity contribution in [1.29, 1.82) is 0 Å². The second kappa shape index (κ2) is 73.7. The van der Waals surface area contributed by atoms with Gasteiger partial charge in [0.15, 0.2) is 6.10 Å². The minimum atomic E-state index is -4.40. The summed E-state index contributed by atoms with van der Waals surface area (Å²) in [5.41, 5.74) is 5.41. The van der Waals surface area contributed by atoms with E-state index in [1.54, 1.807) is 0 Å². The fraction of sp³-hybridized carbons (Fsp3) is 0.747. The fourth-order valence-electron chi connectivity index (χ4n) is 10.7. The Hall–Kier alpha value is -3.33. The van der Waals surface area contributed by atoms with Crippen molar-refractivity contribution in [3.05, 3.63) is 109 Å². The number of hydrogen-bond donors (Lipinski definition) is 2. The van der Waals surface area contributed by atoms with Gasteiger partial charge in [-0.15, -0.1) is 0 Å². The molecule has 2 atom stereocenters. The highest BCUT2D eigenvalue weighted by atomic mass is 31.2. The van der Waals surface area contributed by atoms with Crippen molar-refractivity contribution in [3.8, 4) is 0 Å². The normalized spacial score (nSPS) is 13.5. The lowest BCUT2D eigenvalue weighted by atomic mass is 10.0. The van der Waals surface area contributed by atoms with E-state index in [0.717, 1.165) is 103 Å². The average molecular weight is 1260 g/mol. The smallest absolute Gasteiger partial charge is 0.462 e. The summed E-state index contributed by atoms with van der Waals surface area (Å²) < 4.78 is 33.2. The highest BCUT2D eigenvalue weighted by molar-refractivity contribution is 7.47. The van der Waals surface area contributed by atoms with Crippen LogP contribution in [0.15, 0.2) is 109 Å². The van der Waals surface area contributed by atoms with Gasteiger partial charge in [-0.1, -0.05) is 361 Å².